The maximum absolute atomic E-state index is 12.5. The Labute approximate surface area is 125 Å². The molecular weight excluding hydrogens is 270 g/mol. The molecule has 3 unspecified atom stereocenters. The molecule has 1 saturated carbocycles. The molecule has 1 aliphatic carbocycles. The van der Waals surface area contributed by atoms with Gasteiger partial charge in [-0.1, -0.05) is 6.42 Å². The number of carbonyl (C=O) groups excluding carboxylic acids is 1. The van der Waals surface area contributed by atoms with Gasteiger partial charge in [-0.2, -0.15) is 0 Å². The van der Waals surface area contributed by atoms with Gasteiger partial charge in [0.1, 0.15) is 6.04 Å². The van der Waals surface area contributed by atoms with Crippen LogP contribution < -0.4 is 0 Å². The molecule has 0 radical (unpaired) electrons. The highest BCUT2D eigenvalue weighted by molar-refractivity contribution is 5.84. The fraction of sp³-hybridized carbons (Fsp3) is 0.875. The molecule has 21 heavy (non-hydrogen) atoms. The second-order valence-electron chi connectivity index (χ2n) is 6.78. The maximum atomic E-state index is 12.5. The van der Waals surface area contributed by atoms with Gasteiger partial charge < -0.3 is 14.7 Å². The zero-order chi connectivity index (χ0) is 14.8. The molecule has 5 heteroatoms. The molecule has 0 bridgehead atoms. The topological polar surface area (TPSA) is 66.8 Å². The standard InChI is InChI=1S/C16H25NO4/c18-14(5-4-11-6-8-21-9-7-11)17-10-12-2-1-3-13(12)15(17)16(19)20/h11-13,15H,1-10H2,(H,19,20). The van der Waals surface area contributed by atoms with Crippen molar-refractivity contribution in [3.63, 3.8) is 0 Å². The largest absolute Gasteiger partial charge is 0.480 e. The molecule has 3 atom stereocenters. The molecule has 3 fully saturated rings. The summed E-state index contributed by atoms with van der Waals surface area (Å²) in [5, 5.41) is 9.49. The van der Waals surface area contributed by atoms with Gasteiger partial charge in [-0.15, -0.1) is 0 Å². The Hall–Kier alpha value is -1.10. The molecule has 2 aliphatic heterocycles. The lowest BCUT2D eigenvalue weighted by molar-refractivity contribution is -0.149. The minimum atomic E-state index is -0.816. The number of carboxylic acids is 1. The second-order valence-corrected chi connectivity index (χ2v) is 6.78. The normalized spacial score (nSPS) is 33.1. The van der Waals surface area contributed by atoms with Crippen molar-refractivity contribution in [3.05, 3.63) is 0 Å². The van der Waals surface area contributed by atoms with Crippen molar-refractivity contribution < 1.29 is 19.4 Å². The average molecular weight is 295 g/mol. The third-order valence-corrected chi connectivity index (χ3v) is 5.57. The SMILES string of the molecule is O=C(O)C1C2CCCC2CN1C(=O)CCC1CCOCC1. The number of ether oxygens (including phenoxy) is 1. The predicted molar refractivity (Wildman–Crippen MR) is 76.7 cm³/mol. The summed E-state index contributed by atoms with van der Waals surface area (Å²) in [6, 6.07) is -0.570. The van der Waals surface area contributed by atoms with Gasteiger partial charge in [-0.05, 0) is 49.9 Å². The highest BCUT2D eigenvalue weighted by Gasteiger charge is 2.49. The van der Waals surface area contributed by atoms with Crippen molar-refractivity contribution in [2.45, 2.75) is 51.0 Å². The summed E-state index contributed by atoms with van der Waals surface area (Å²) >= 11 is 0. The average Bonchev–Trinajstić information content (AvgIpc) is 3.05. The summed E-state index contributed by atoms with van der Waals surface area (Å²) in [6.45, 7) is 2.25. The van der Waals surface area contributed by atoms with Crippen LogP contribution in [0.2, 0.25) is 0 Å². The third kappa shape index (κ3) is 3.07. The zero-order valence-electron chi connectivity index (χ0n) is 12.5. The number of rotatable bonds is 4. The van der Waals surface area contributed by atoms with Crippen LogP contribution in [0.4, 0.5) is 0 Å². The van der Waals surface area contributed by atoms with E-state index >= 15 is 0 Å². The van der Waals surface area contributed by atoms with Crippen LogP contribution in [0, 0.1) is 17.8 Å². The van der Waals surface area contributed by atoms with Crippen molar-refractivity contribution in [1.82, 2.24) is 4.90 Å². The molecule has 0 aromatic rings. The van der Waals surface area contributed by atoms with E-state index in [4.69, 9.17) is 4.74 Å². The number of hydrogen-bond acceptors (Lipinski definition) is 3. The lowest BCUT2D eigenvalue weighted by Crippen LogP contribution is -2.43. The van der Waals surface area contributed by atoms with Gasteiger partial charge in [0.2, 0.25) is 5.91 Å². The Balaban J connectivity index is 1.57. The van der Waals surface area contributed by atoms with E-state index in [0.29, 0.717) is 24.8 Å². The molecular formula is C16H25NO4. The lowest BCUT2D eigenvalue weighted by Gasteiger charge is -2.26. The van der Waals surface area contributed by atoms with Crippen molar-refractivity contribution in [1.29, 1.82) is 0 Å². The van der Waals surface area contributed by atoms with E-state index < -0.39 is 12.0 Å². The molecule has 5 nitrogen and oxygen atoms in total. The summed E-state index contributed by atoms with van der Waals surface area (Å²) < 4.78 is 5.33. The number of likely N-dealkylation sites (tertiary alicyclic amines) is 1. The molecule has 3 rings (SSSR count). The summed E-state index contributed by atoms with van der Waals surface area (Å²) in [4.78, 5) is 25.7. The first-order valence-electron chi connectivity index (χ1n) is 8.27. The Bertz CT molecular complexity index is 405. The Morgan fingerprint density at radius 2 is 1.90 bits per heavy atom. The van der Waals surface area contributed by atoms with Crippen LogP contribution in [0.3, 0.4) is 0 Å². The summed E-state index contributed by atoms with van der Waals surface area (Å²) in [6.07, 6.45) is 6.59. The molecule has 0 spiro atoms. The van der Waals surface area contributed by atoms with Gasteiger partial charge in [0.25, 0.3) is 0 Å². The summed E-state index contributed by atoms with van der Waals surface area (Å²) in [5.41, 5.74) is 0. The quantitative estimate of drug-likeness (QED) is 0.860. The van der Waals surface area contributed by atoms with Crippen LogP contribution in [0.25, 0.3) is 0 Å². The number of hydrogen-bond donors (Lipinski definition) is 1. The van der Waals surface area contributed by atoms with Gasteiger partial charge >= 0.3 is 5.97 Å². The number of amides is 1. The lowest BCUT2D eigenvalue weighted by atomic mass is 9.93. The molecule has 1 amide bonds. The summed E-state index contributed by atoms with van der Waals surface area (Å²) in [5.74, 6) is 0.396. The second kappa shape index (κ2) is 6.34. The van der Waals surface area contributed by atoms with Gasteiger partial charge in [-0.25, -0.2) is 4.79 Å². The van der Waals surface area contributed by atoms with E-state index in [1.807, 2.05) is 0 Å². The fourth-order valence-electron chi connectivity index (χ4n) is 4.38. The molecule has 3 aliphatic rings. The van der Waals surface area contributed by atoms with E-state index in [0.717, 1.165) is 51.7 Å². The zero-order valence-corrected chi connectivity index (χ0v) is 12.5. The van der Waals surface area contributed by atoms with Gasteiger partial charge in [0.15, 0.2) is 0 Å². The Morgan fingerprint density at radius 3 is 2.62 bits per heavy atom. The number of nitrogens with zero attached hydrogens (tertiary/aromatic N) is 1. The first kappa shape index (κ1) is 14.8. The number of aliphatic carboxylic acids is 1. The van der Waals surface area contributed by atoms with Gasteiger partial charge in [0, 0.05) is 26.2 Å². The van der Waals surface area contributed by atoms with Crippen molar-refractivity contribution >= 4 is 11.9 Å². The Morgan fingerprint density at radius 1 is 1.14 bits per heavy atom. The molecule has 2 heterocycles. The summed E-state index contributed by atoms with van der Waals surface area (Å²) in [7, 11) is 0. The van der Waals surface area contributed by atoms with Gasteiger partial charge in [-0.3, -0.25) is 4.79 Å². The van der Waals surface area contributed by atoms with Crippen molar-refractivity contribution in [2.75, 3.05) is 19.8 Å². The highest BCUT2D eigenvalue weighted by Crippen LogP contribution is 2.42. The van der Waals surface area contributed by atoms with E-state index in [1.165, 1.54) is 0 Å². The highest BCUT2D eigenvalue weighted by atomic mass is 16.5. The smallest absolute Gasteiger partial charge is 0.326 e. The van der Waals surface area contributed by atoms with Crippen molar-refractivity contribution in [2.24, 2.45) is 17.8 Å². The van der Waals surface area contributed by atoms with Crippen LogP contribution in [-0.2, 0) is 14.3 Å². The fourth-order valence-corrected chi connectivity index (χ4v) is 4.38. The van der Waals surface area contributed by atoms with E-state index in [-0.39, 0.29) is 11.8 Å². The molecule has 2 saturated heterocycles. The number of fused-ring (bicyclic) bond motifs is 1. The molecule has 1 N–H and O–H groups in total. The third-order valence-electron chi connectivity index (χ3n) is 5.57. The van der Waals surface area contributed by atoms with Gasteiger partial charge in [0.05, 0.1) is 0 Å². The minimum absolute atomic E-state index is 0.0447. The first-order chi connectivity index (χ1) is 10.2. The number of carboxylic acid groups (broad SMARTS) is 1. The van der Waals surface area contributed by atoms with E-state index in [1.54, 1.807) is 4.90 Å². The number of carbonyl (C=O) groups is 2. The Kier molecular flexibility index (Phi) is 4.48. The van der Waals surface area contributed by atoms with E-state index in [9.17, 15) is 14.7 Å². The predicted octanol–water partition coefficient (Wildman–Crippen LogP) is 1.90. The van der Waals surface area contributed by atoms with Crippen LogP contribution in [0.5, 0.6) is 0 Å². The molecule has 0 aromatic heterocycles. The van der Waals surface area contributed by atoms with Crippen LogP contribution in [-0.4, -0.2) is 47.7 Å². The molecule has 0 aromatic carbocycles. The monoisotopic (exact) mass is 295 g/mol. The first-order valence-corrected chi connectivity index (χ1v) is 8.27. The minimum Gasteiger partial charge on any atom is -0.480 e. The maximum Gasteiger partial charge on any atom is 0.326 e. The van der Waals surface area contributed by atoms with Crippen molar-refractivity contribution in [3.8, 4) is 0 Å². The van der Waals surface area contributed by atoms with Crippen LogP contribution in [0.1, 0.15) is 44.9 Å². The van der Waals surface area contributed by atoms with E-state index in [2.05, 4.69) is 0 Å². The van der Waals surface area contributed by atoms with Crippen LogP contribution in [0.15, 0.2) is 0 Å². The van der Waals surface area contributed by atoms with Crippen LogP contribution >= 0.6 is 0 Å². The molecule has 118 valence electrons.